The van der Waals surface area contributed by atoms with Crippen LogP contribution in [0.15, 0.2) is 42.5 Å². The van der Waals surface area contributed by atoms with Crippen LogP contribution in [0.1, 0.15) is 11.1 Å². The van der Waals surface area contributed by atoms with Crippen LogP contribution >= 0.6 is 11.6 Å². The molecule has 1 N–H and O–H groups in total. The van der Waals surface area contributed by atoms with Crippen molar-refractivity contribution in [1.82, 2.24) is 5.32 Å². The molecule has 0 saturated carbocycles. The quantitative estimate of drug-likeness (QED) is 0.879. The highest BCUT2D eigenvalue weighted by molar-refractivity contribution is 6.31. The van der Waals surface area contributed by atoms with Gasteiger partial charge in [0.05, 0.1) is 0 Å². The van der Waals surface area contributed by atoms with Gasteiger partial charge in [-0.1, -0.05) is 35.9 Å². The minimum Gasteiger partial charge on any atom is -0.316 e. The third-order valence-electron chi connectivity index (χ3n) is 3.34. The monoisotopic (exact) mass is 295 g/mol. The lowest BCUT2D eigenvalue weighted by Crippen LogP contribution is -2.30. The first-order chi connectivity index (χ1) is 9.61. The fourth-order valence-electron chi connectivity index (χ4n) is 2.18. The van der Waals surface area contributed by atoms with Gasteiger partial charge in [-0.3, -0.25) is 0 Å². The van der Waals surface area contributed by atoms with E-state index in [2.05, 4.69) is 5.32 Å². The number of hydrogen-bond donors (Lipinski definition) is 1. The van der Waals surface area contributed by atoms with Crippen molar-refractivity contribution < 1.29 is 8.78 Å². The van der Waals surface area contributed by atoms with Crippen molar-refractivity contribution in [3.8, 4) is 0 Å². The first kappa shape index (κ1) is 14.9. The second kappa shape index (κ2) is 6.82. The first-order valence-corrected chi connectivity index (χ1v) is 6.83. The average Bonchev–Trinajstić information content (AvgIpc) is 2.44. The van der Waals surface area contributed by atoms with E-state index in [1.807, 2.05) is 0 Å². The van der Waals surface area contributed by atoms with Crippen molar-refractivity contribution in [2.45, 2.75) is 18.9 Å². The summed E-state index contributed by atoms with van der Waals surface area (Å²) in [7, 11) is 1.78. The standard InChI is InChI=1S/C16H16ClF2N/c1-20-12(9-11-5-2-3-7-15(11)18)10-13-14(17)6-4-8-16(13)19/h2-8,12,20H,9-10H2,1H3. The minimum absolute atomic E-state index is 0.0821. The van der Waals surface area contributed by atoms with E-state index in [1.54, 1.807) is 37.4 Å². The first-order valence-electron chi connectivity index (χ1n) is 6.45. The smallest absolute Gasteiger partial charge is 0.127 e. The van der Waals surface area contributed by atoms with Gasteiger partial charge in [-0.05, 0) is 43.7 Å². The Morgan fingerprint density at radius 1 is 1.00 bits per heavy atom. The largest absolute Gasteiger partial charge is 0.316 e. The van der Waals surface area contributed by atoms with Crippen LogP contribution in [-0.2, 0) is 12.8 Å². The molecule has 2 aromatic rings. The molecule has 2 aromatic carbocycles. The summed E-state index contributed by atoms with van der Waals surface area (Å²) >= 11 is 6.02. The molecule has 0 amide bonds. The van der Waals surface area contributed by atoms with Gasteiger partial charge in [0.25, 0.3) is 0 Å². The van der Waals surface area contributed by atoms with Crippen molar-refractivity contribution in [2.75, 3.05) is 7.05 Å². The molecule has 0 fully saturated rings. The number of nitrogens with one attached hydrogen (secondary N) is 1. The topological polar surface area (TPSA) is 12.0 Å². The molecule has 1 nitrogen and oxygen atoms in total. The molecule has 20 heavy (non-hydrogen) atoms. The van der Waals surface area contributed by atoms with E-state index in [0.717, 1.165) is 0 Å². The summed E-state index contributed by atoms with van der Waals surface area (Å²) < 4.78 is 27.4. The van der Waals surface area contributed by atoms with Crippen LogP contribution in [0.5, 0.6) is 0 Å². The molecule has 0 radical (unpaired) electrons. The highest BCUT2D eigenvalue weighted by Gasteiger charge is 2.15. The second-order valence-electron chi connectivity index (χ2n) is 4.69. The van der Waals surface area contributed by atoms with Gasteiger partial charge in [0.15, 0.2) is 0 Å². The lowest BCUT2D eigenvalue weighted by atomic mass is 9.98. The van der Waals surface area contributed by atoms with Crippen molar-refractivity contribution in [1.29, 1.82) is 0 Å². The molecule has 2 rings (SSSR count). The molecular formula is C16H16ClF2N. The zero-order chi connectivity index (χ0) is 14.5. The van der Waals surface area contributed by atoms with Crippen molar-refractivity contribution >= 4 is 11.6 Å². The predicted molar refractivity (Wildman–Crippen MR) is 78.1 cm³/mol. The summed E-state index contributed by atoms with van der Waals surface area (Å²) in [5.41, 5.74) is 1.07. The van der Waals surface area contributed by atoms with E-state index in [4.69, 9.17) is 11.6 Å². The Hall–Kier alpha value is -1.45. The molecule has 0 bridgehead atoms. The SMILES string of the molecule is CNC(Cc1ccccc1F)Cc1c(F)cccc1Cl. The summed E-state index contributed by atoms with van der Waals surface area (Å²) in [5.74, 6) is -0.571. The fraction of sp³-hybridized carbons (Fsp3) is 0.250. The maximum absolute atomic E-state index is 13.8. The second-order valence-corrected chi connectivity index (χ2v) is 5.09. The molecule has 106 valence electrons. The summed E-state index contributed by atoms with van der Waals surface area (Å²) in [6, 6.07) is 11.2. The van der Waals surface area contributed by atoms with Crippen LogP contribution in [0.3, 0.4) is 0 Å². The normalized spacial score (nSPS) is 12.4. The van der Waals surface area contributed by atoms with Crippen molar-refractivity contribution in [3.63, 3.8) is 0 Å². The number of halogens is 3. The van der Waals surface area contributed by atoms with Gasteiger partial charge in [0.2, 0.25) is 0 Å². The molecule has 0 spiro atoms. The molecule has 0 saturated heterocycles. The highest BCUT2D eigenvalue weighted by Crippen LogP contribution is 2.21. The van der Waals surface area contributed by atoms with Crippen LogP contribution in [0.25, 0.3) is 0 Å². The number of hydrogen-bond acceptors (Lipinski definition) is 1. The van der Waals surface area contributed by atoms with E-state index < -0.39 is 0 Å². The van der Waals surface area contributed by atoms with Gasteiger partial charge in [-0.2, -0.15) is 0 Å². The number of likely N-dealkylation sites (N-methyl/N-ethyl adjacent to an activating group) is 1. The zero-order valence-electron chi connectivity index (χ0n) is 11.2. The number of rotatable bonds is 5. The lowest BCUT2D eigenvalue weighted by Gasteiger charge is -2.18. The molecule has 1 unspecified atom stereocenters. The predicted octanol–water partition coefficient (Wildman–Crippen LogP) is 3.99. The minimum atomic E-state index is -0.328. The fourth-order valence-corrected chi connectivity index (χ4v) is 2.42. The summed E-state index contributed by atoms with van der Waals surface area (Å²) in [6.45, 7) is 0. The average molecular weight is 296 g/mol. The van der Waals surface area contributed by atoms with Gasteiger partial charge >= 0.3 is 0 Å². The Morgan fingerprint density at radius 3 is 2.35 bits per heavy atom. The van der Waals surface area contributed by atoms with Gasteiger partial charge < -0.3 is 5.32 Å². The lowest BCUT2D eigenvalue weighted by molar-refractivity contribution is 0.517. The summed E-state index contributed by atoms with van der Waals surface area (Å²) in [6.07, 6.45) is 0.893. The molecule has 1 atom stereocenters. The van der Waals surface area contributed by atoms with E-state index in [9.17, 15) is 8.78 Å². The van der Waals surface area contributed by atoms with Gasteiger partial charge in [0.1, 0.15) is 11.6 Å². The van der Waals surface area contributed by atoms with Crippen LogP contribution in [0.4, 0.5) is 8.78 Å². The Labute approximate surface area is 122 Å². The van der Waals surface area contributed by atoms with Crippen LogP contribution in [-0.4, -0.2) is 13.1 Å². The van der Waals surface area contributed by atoms with Gasteiger partial charge in [0, 0.05) is 16.6 Å². The highest BCUT2D eigenvalue weighted by atomic mass is 35.5. The van der Waals surface area contributed by atoms with Crippen LogP contribution in [0, 0.1) is 11.6 Å². The van der Waals surface area contributed by atoms with Gasteiger partial charge in [-0.25, -0.2) is 8.78 Å². The Morgan fingerprint density at radius 2 is 1.70 bits per heavy atom. The van der Waals surface area contributed by atoms with E-state index >= 15 is 0 Å². The maximum Gasteiger partial charge on any atom is 0.127 e. The Bertz CT molecular complexity index is 566. The van der Waals surface area contributed by atoms with Crippen LogP contribution < -0.4 is 5.32 Å². The number of benzene rings is 2. The van der Waals surface area contributed by atoms with Crippen molar-refractivity contribution in [3.05, 3.63) is 70.2 Å². The zero-order valence-corrected chi connectivity index (χ0v) is 11.9. The molecule has 0 aliphatic heterocycles. The Kier molecular flexibility index (Phi) is 5.10. The maximum atomic E-state index is 13.8. The van der Waals surface area contributed by atoms with E-state index in [1.165, 1.54) is 12.1 Å². The molecule has 0 aliphatic rings. The molecule has 0 aromatic heterocycles. The van der Waals surface area contributed by atoms with E-state index in [0.29, 0.717) is 29.0 Å². The van der Waals surface area contributed by atoms with E-state index in [-0.39, 0.29) is 17.7 Å². The molecular weight excluding hydrogens is 280 g/mol. The molecule has 0 heterocycles. The summed E-state index contributed by atoms with van der Waals surface area (Å²) in [4.78, 5) is 0. The summed E-state index contributed by atoms with van der Waals surface area (Å²) in [5, 5.41) is 3.49. The molecule has 0 aliphatic carbocycles. The van der Waals surface area contributed by atoms with Gasteiger partial charge in [-0.15, -0.1) is 0 Å². The van der Waals surface area contributed by atoms with Crippen LogP contribution in [0.2, 0.25) is 5.02 Å². The third-order valence-corrected chi connectivity index (χ3v) is 3.70. The Balaban J connectivity index is 2.16. The third kappa shape index (κ3) is 3.56. The molecule has 4 heteroatoms. The van der Waals surface area contributed by atoms with Crippen molar-refractivity contribution in [2.24, 2.45) is 0 Å².